The van der Waals surface area contributed by atoms with Crippen molar-refractivity contribution in [1.82, 2.24) is 13.8 Å². The molecule has 0 aliphatic carbocycles. The molecule has 1 amide bonds. The maximum Gasteiger partial charge on any atom is 0.270 e. The third-order valence-electron chi connectivity index (χ3n) is 5.89. The van der Waals surface area contributed by atoms with Crippen molar-refractivity contribution >= 4 is 21.6 Å². The summed E-state index contributed by atoms with van der Waals surface area (Å²) in [6, 6.07) is 10.5. The Morgan fingerprint density at radius 2 is 1.82 bits per heavy atom. The normalized spacial score (nSPS) is 15.0. The Labute approximate surface area is 191 Å². The van der Waals surface area contributed by atoms with E-state index in [4.69, 9.17) is 4.42 Å². The Balaban J connectivity index is 1.46. The zero-order valence-electron chi connectivity index (χ0n) is 18.3. The molecular formula is C22H24N4O6S. The van der Waals surface area contributed by atoms with E-state index in [-0.39, 0.29) is 42.7 Å². The maximum atomic E-state index is 13.2. The first-order chi connectivity index (χ1) is 15.7. The SMILES string of the molecule is Cc1cc(C(=O)N2CCN(S(=O)(=O)c3cccc([N+](=O)[O-])c3)CC2)c(C)n1Cc1ccco1. The smallest absolute Gasteiger partial charge is 0.270 e. The first kappa shape index (κ1) is 22.7. The van der Waals surface area contributed by atoms with Gasteiger partial charge < -0.3 is 13.9 Å². The number of hydrogen-bond donors (Lipinski definition) is 0. The van der Waals surface area contributed by atoms with Gasteiger partial charge in [0.05, 0.1) is 28.2 Å². The Hall–Kier alpha value is -3.44. The van der Waals surface area contributed by atoms with Crippen LogP contribution in [0.15, 0.2) is 58.0 Å². The molecule has 11 heteroatoms. The quantitative estimate of drug-likeness (QED) is 0.402. The Morgan fingerprint density at radius 3 is 2.45 bits per heavy atom. The number of nitro groups is 1. The Bertz CT molecular complexity index is 1290. The second kappa shape index (κ2) is 8.83. The van der Waals surface area contributed by atoms with Gasteiger partial charge in [-0.25, -0.2) is 8.42 Å². The van der Waals surface area contributed by atoms with E-state index in [1.807, 2.05) is 36.6 Å². The minimum Gasteiger partial charge on any atom is -0.467 e. The molecular weight excluding hydrogens is 448 g/mol. The lowest BCUT2D eigenvalue weighted by Crippen LogP contribution is -2.50. The summed E-state index contributed by atoms with van der Waals surface area (Å²) >= 11 is 0. The van der Waals surface area contributed by atoms with Crippen LogP contribution in [-0.4, -0.2) is 59.2 Å². The number of benzene rings is 1. The highest BCUT2D eigenvalue weighted by Crippen LogP contribution is 2.24. The third kappa shape index (κ3) is 4.41. The van der Waals surface area contributed by atoms with Crippen LogP contribution in [-0.2, 0) is 16.6 Å². The van der Waals surface area contributed by atoms with Crippen LogP contribution in [0.3, 0.4) is 0 Å². The molecule has 3 aromatic rings. The van der Waals surface area contributed by atoms with E-state index < -0.39 is 14.9 Å². The highest BCUT2D eigenvalue weighted by Gasteiger charge is 2.32. The van der Waals surface area contributed by atoms with Crippen LogP contribution in [0.4, 0.5) is 5.69 Å². The summed E-state index contributed by atoms with van der Waals surface area (Å²) in [5, 5.41) is 11.0. The molecule has 1 aliphatic heterocycles. The molecule has 0 radical (unpaired) electrons. The van der Waals surface area contributed by atoms with Crippen LogP contribution < -0.4 is 0 Å². The van der Waals surface area contributed by atoms with E-state index in [1.54, 1.807) is 11.2 Å². The van der Waals surface area contributed by atoms with Crippen LogP contribution in [0.1, 0.15) is 27.5 Å². The predicted octanol–water partition coefficient (Wildman–Crippen LogP) is 2.80. The Morgan fingerprint density at radius 1 is 1.09 bits per heavy atom. The predicted molar refractivity (Wildman–Crippen MR) is 119 cm³/mol. The molecule has 2 aromatic heterocycles. The van der Waals surface area contributed by atoms with Crippen LogP contribution in [0.5, 0.6) is 0 Å². The monoisotopic (exact) mass is 472 g/mol. The first-order valence-electron chi connectivity index (χ1n) is 10.4. The highest BCUT2D eigenvalue weighted by molar-refractivity contribution is 7.89. The van der Waals surface area contributed by atoms with Gasteiger partial charge in [-0.2, -0.15) is 4.31 Å². The molecule has 174 valence electrons. The van der Waals surface area contributed by atoms with E-state index in [2.05, 4.69) is 0 Å². The molecule has 0 spiro atoms. The second-order valence-electron chi connectivity index (χ2n) is 7.90. The van der Waals surface area contributed by atoms with Gasteiger partial charge in [-0.3, -0.25) is 14.9 Å². The number of hydrogen-bond acceptors (Lipinski definition) is 6. The molecule has 4 rings (SSSR count). The van der Waals surface area contributed by atoms with Crippen molar-refractivity contribution in [2.75, 3.05) is 26.2 Å². The number of rotatable bonds is 6. The minimum atomic E-state index is -3.90. The lowest BCUT2D eigenvalue weighted by atomic mass is 10.2. The van der Waals surface area contributed by atoms with E-state index in [1.165, 1.54) is 22.5 Å². The number of carbonyl (C=O) groups is 1. The molecule has 0 N–H and O–H groups in total. The van der Waals surface area contributed by atoms with Crippen LogP contribution in [0.2, 0.25) is 0 Å². The standard InChI is InChI=1S/C22H24N4O6S/c1-16-13-21(17(2)25(16)15-19-6-4-12-32-19)22(27)23-8-10-24(11-9-23)33(30,31)20-7-3-5-18(14-20)26(28)29/h3-7,12-14H,8-11,15H2,1-2H3. The van der Waals surface area contributed by atoms with Gasteiger partial charge in [-0.15, -0.1) is 0 Å². The Kier molecular flexibility index (Phi) is 6.09. The minimum absolute atomic E-state index is 0.113. The number of furan rings is 1. The topological polar surface area (TPSA) is 119 Å². The molecule has 1 saturated heterocycles. The fourth-order valence-electron chi connectivity index (χ4n) is 4.03. The van der Waals surface area contributed by atoms with E-state index in [0.717, 1.165) is 23.2 Å². The number of aromatic nitrogens is 1. The number of amides is 1. The van der Waals surface area contributed by atoms with Crippen molar-refractivity contribution in [2.45, 2.75) is 25.3 Å². The summed E-state index contributed by atoms with van der Waals surface area (Å²) < 4.78 is 34.6. The van der Waals surface area contributed by atoms with Gasteiger partial charge in [0.15, 0.2) is 0 Å². The molecule has 1 aromatic carbocycles. The van der Waals surface area contributed by atoms with Crippen LogP contribution in [0.25, 0.3) is 0 Å². The fraction of sp³-hybridized carbons (Fsp3) is 0.318. The van der Waals surface area contributed by atoms with Gasteiger partial charge >= 0.3 is 0 Å². The number of nitro benzene ring substituents is 1. The summed E-state index contributed by atoms with van der Waals surface area (Å²) in [5.74, 6) is 0.636. The van der Waals surface area contributed by atoms with Crippen molar-refractivity contribution in [3.05, 3.63) is 81.6 Å². The van der Waals surface area contributed by atoms with E-state index in [9.17, 15) is 23.3 Å². The average Bonchev–Trinajstić information content (AvgIpc) is 3.42. The number of carbonyl (C=O) groups excluding carboxylic acids is 1. The van der Waals surface area contributed by atoms with Crippen molar-refractivity contribution in [3.63, 3.8) is 0 Å². The zero-order chi connectivity index (χ0) is 23.8. The molecule has 10 nitrogen and oxygen atoms in total. The van der Waals surface area contributed by atoms with Gasteiger partial charge in [-0.1, -0.05) is 6.07 Å². The summed E-state index contributed by atoms with van der Waals surface area (Å²) in [4.78, 5) is 25.1. The lowest BCUT2D eigenvalue weighted by molar-refractivity contribution is -0.385. The summed E-state index contributed by atoms with van der Waals surface area (Å²) in [6.45, 7) is 5.02. The van der Waals surface area contributed by atoms with Gasteiger partial charge in [0.2, 0.25) is 10.0 Å². The molecule has 0 atom stereocenters. The number of nitrogens with zero attached hydrogens (tertiary/aromatic N) is 4. The van der Waals surface area contributed by atoms with E-state index in [0.29, 0.717) is 12.1 Å². The third-order valence-corrected chi connectivity index (χ3v) is 7.78. The molecule has 1 fully saturated rings. The van der Waals surface area contributed by atoms with E-state index >= 15 is 0 Å². The molecule has 1 aliphatic rings. The van der Waals surface area contributed by atoms with Crippen LogP contribution in [0, 0.1) is 24.0 Å². The molecule has 0 unspecified atom stereocenters. The van der Waals surface area contributed by atoms with Crippen LogP contribution >= 0.6 is 0 Å². The largest absolute Gasteiger partial charge is 0.467 e. The number of sulfonamides is 1. The second-order valence-corrected chi connectivity index (χ2v) is 9.84. The van der Waals surface area contributed by atoms with Gasteiger partial charge in [0.25, 0.3) is 11.6 Å². The lowest BCUT2D eigenvalue weighted by Gasteiger charge is -2.34. The number of piperazine rings is 1. The molecule has 3 heterocycles. The first-order valence-corrected chi connectivity index (χ1v) is 11.9. The van der Waals surface area contributed by atoms with Crippen molar-refractivity contribution in [1.29, 1.82) is 0 Å². The van der Waals surface area contributed by atoms with Gasteiger partial charge in [-0.05, 0) is 38.1 Å². The zero-order valence-corrected chi connectivity index (χ0v) is 19.1. The summed E-state index contributed by atoms with van der Waals surface area (Å²) in [6.07, 6.45) is 1.61. The molecule has 0 bridgehead atoms. The van der Waals surface area contributed by atoms with Crippen molar-refractivity contribution in [3.8, 4) is 0 Å². The summed E-state index contributed by atoms with van der Waals surface area (Å²) in [5.41, 5.74) is 2.04. The number of non-ortho nitro benzene ring substituents is 1. The summed E-state index contributed by atoms with van der Waals surface area (Å²) in [7, 11) is -3.90. The van der Waals surface area contributed by atoms with Gasteiger partial charge in [0.1, 0.15) is 5.76 Å². The average molecular weight is 473 g/mol. The number of aryl methyl sites for hydroxylation is 1. The van der Waals surface area contributed by atoms with Crippen molar-refractivity contribution < 1.29 is 22.6 Å². The molecule has 33 heavy (non-hydrogen) atoms. The maximum absolute atomic E-state index is 13.2. The fourth-order valence-corrected chi connectivity index (χ4v) is 5.49. The van der Waals surface area contributed by atoms with Gasteiger partial charge in [0, 0.05) is 49.7 Å². The van der Waals surface area contributed by atoms with Crippen molar-refractivity contribution in [2.24, 2.45) is 0 Å². The molecule has 0 saturated carbocycles. The highest BCUT2D eigenvalue weighted by atomic mass is 32.2.